The summed E-state index contributed by atoms with van der Waals surface area (Å²) in [6.45, 7) is 0. The third-order valence-corrected chi connectivity index (χ3v) is 8.65. The van der Waals surface area contributed by atoms with Crippen molar-refractivity contribution in [1.29, 1.82) is 0 Å². The second-order valence-electron chi connectivity index (χ2n) is 4.07. The topological polar surface area (TPSA) is 0 Å². The van der Waals surface area contributed by atoms with Crippen LogP contribution in [0.5, 0.6) is 0 Å². The number of rotatable bonds is 0. The van der Waals surface area contributed by atoms with E-state index in [9.17, 15) is 0 Å². The second-order valence-corrected chi connectivity index (χ2v) is 10.0. The lowest BCUT2D eigenvalue weighted by Gasteiger charge is -2.01. The van der Waals surface area contributed by atoms with Gasteiger partial charge in [-0.15, -0.1) is 0 Å². The molecule has 0 aliphatic carbocycles. The Bertz CT molecular complexity index is 191. The molecular weight excluding hydrogens is 284 g/mol. The molecule has 0 aromatic rings. The van der Waals surface area contributed by atoms with Gasteiger partial charge < -0.3 is 0 Å². The molecule has 0 spiro atoms. The lowest BCUT2D eigenvalue weighted by molar-refractivity contribution is 0.593. The van der Waals surface area contributed by atoms with Crippen LogP contribution in [-0.2, 0) is 0 Å². The van der Waals surface area contributed by atoms with Gasteiger partial charge in [0.05, 0.1) is 0 Å². The van der Waals surface area contributed by atoms with Gasteiger partial charge in [0.15, 0.2) is 0 Å². The second kappa shape index (κ2) is 13.3. The summed E-state index contributed by atoms with van der Waals surface area (Å²) >= 11 is 0. The van der Waals surface area contributed by atoms with Crippen molar-refractivity contribution in [1.82, 2.24) is 0 Å². The highest BCUT2D eigenvalue weighted by atomic mass is 33.7. The third kappa shape index (κ3) is 11.7. The lowest BCUT2D eigenvalue weighted by atomic mass is 10.1. The smallest absolute Gasteiger partial charge is 0.00454 e. The van der Waals surface area contributed by atoms with Crippen molar-refractivity contribution in [2.24, 2.45) is 0 Å². The van der Waals surface area contributed by atoms with Crippen molar-refractivity contribution in [2.45, 2.75) is 51.4 Å². The number of hydrogen-bond acceptors (Lipinski definition) is 4. The summed E-state index contributed by atoms with van der Waals surface area (Å²) in [7, 11) is 7.60. The summed E-state index contributed by atoms with van der Waals surface area (Å²) in [6, 6.07) is 0. The van der Waals surface area contributed by atoms with Crippen molar-refractivity contribution in [3.8, 4) is 0 Å². The summed E-state index contributed by atoms with van der Waals surface area (Å²) in [5.74, 6) is 1.31. The summed E-state index contributed by atoms with van der Waals surface area (Å²) in [5.41, 5.74) is 0. The van der Waals surface area contributed by atoms with Gasteiger partial charge in [0.25, 0.3) is 0 Å². The minimum Gasteiger partial charge on any atom is -0.0845 e. The molecule has 0 bridgehead atoms. The fourth-order valence-electron chi connectivity index (χ4n) is 1.65. The first-order valence-electron chi connectivity index (χ1n) is 6.43. The van der Waals surface area contributed by atoms with Crippen LogP contribution in [-0.4, -0.2) is 5.75 Å². The Hall–Kier alpha value is 0.880. The third-order valence-electron chi connectivity index (χ3n) is 2.59. The molecule has 17 heavy (non-hydrogen) atoms. The van der Waals surface area contributed by atoms with Crippen LogP contribution in [0.2, 0.25) is 0 Å². The van der Waals surface area contributed by atoms with E-state index < -0.39 is 0 Å². The van der Waals surface area contributed by atoms with E-state index in [1.54, 1.807) is 0 Å². The van der Waals surface area contributed by atoms with Crippen LogP contribution in [0, 0.1) is 0 Å². The molecule has 0 amide bonds. The van der Waals surface area contributed by atoms with Crippen LogP contribution in [0.1, 0.15) is 51.4 Å². The maximum Gasteiger partial charge on any atom is 0.00454 e. The summed E-state index contributed by atoms with van der Waals surface area (Å²) in [4.78, 5) is 0. The van der Waals surface area contributed by atoms with E-state index in [1.807, 2.05) is 41.2 Å². The fraction of sp³-hybridized carbons (Fsp3) is 0.692. The van der Waals surface area contributed by atoms with Gasteiger partial charge in [0.1, 0.15) is 0 Å². The van der Waals surface area contributed by atoms with Gasteiger partial charge in [-0.3, -0.25) is 0 Å². The minimum atomic E-state index is 1.24. The average Bonchev–Trinajstić information content (AvgIpc) is 2.35. The van der Waals surface area contributed by atoms with E-state index >= 15 is 0 Å². The average molecular weight is 307 g/mol. The molecule has 0 nitrogen and oxygen atoms in total. The van der Waals surface area contributed by atoms with Crippen molar-refractivity contribution in [2.75, 3.05) is 5.75 Å². The summed E-state index contributed by atoms with van der Waals surface area (Å²) in [5, 5.41) is 2.17. The standard InChI is InChI=1S/C13H22S4/c1-2-4-6-8-10-12-14-16-17-15-13-11-9-7-5-3-1/h6,8,10,12H,1-5,7,9,11,13H2. The van der Waals surface area contributed by atoms with Gasteiger partial charge in [-0.05, 0) is 44.3 Å². The predicted molar refractivity (Wildman–Crippen MR) is 90.4 cm³/mol. The molecule has 0 aromatic carbocycles. The largest absolute Gasteiger partial charge is 0.0845 e. The van der Waals surface area contributed by atoms with Crippen molar-refractivity contribution in [3.05, 3.63) is 23.6 Å². The van der Waals surface area contributed by atoms with E-state index in [2.05, 4.69) is 23.6 Å². The van der Waals surface area contributed by atoms with Gasteiger partial charge in [-0.2, -0.15) is 0 Å². The monoisotopic (exact) mass is 306 g/mol. The van der Waals surface area contributed by atoms with E-state index in [0.29, 0.717) is 0 Å². The normalized spacial score (nSPS) is 22.1. The lowest BCUT2D eigenvalue weighted by Crippen LogP contribution is -1.81. The van der Waals surface area contributed by atoms with E-state index in [1.165, 1.54) is 57.1 Å². The molecule has 1 heterocycles. The zero-order chi connectivity index (χ0) is 12.0. The first-order valence-corrected chi connectivity index (χ1v) is 11.5. The molecule has 0 saturated carbocycles. The predicted octanol–water partition coefficient (Wildman–Crippen LogP) is 6.87. The molecule has 0 atom stereocenters. The Morgan fingerprint density at radius 3 is 2.35 bits per heavy atom. The van der Waals surface area contributed by atoms with Gasteiger partial charge in [0.2, 0.25) is 0 Å². The Morgan fingerprint density at radius 1 is 0.706 bits per heavy atom. The van der Waals surface area contributed by atoms with Crippen LogP contribution in [0.4, 0.5) is 0 Å². The molecule has 0 aromatic heterocycles. The van der Waals surface area contributed by atoms with E-state index in [4.69, 9.17) is 0 Å². The maximum absolute atomic E-state index is 2.29. The molecule has 1 aliphatic heterocycles. The highest BCUT2D eigenvalue weighted by Gasteiger charge is 1.94. The highest BCUT2D eigenvalue weighted by Crippen LogP contribution is 2.43. The molecule has 1 aliphatic rings. The number of allylic oxidation sites excluding steroid dienone is 3. The molecule has 0 fully saturated rings. The fourth-order valence-corrected chi connectivity index (χ4v) is 7.00. The minimum absolute atomic E-state index is 1.24. The van der Waals surface area contributed by atoms with Crippen LogP contribution in [0.25, 0.3) is 0 Å². The molecule has 98 valence electrons. The molecule has 4 heteroatoms. The molecule has 0 N–H and O–H groups in total. The van der Waals surface area contributed by atoms with Crippen LogP contribution < -0.4 is 0 Å². The van der Waals surface area contributed by atoms with Crippen LogP contribution in [0.3, 0.4) is 0 Å². The Morgan fingerprint density at radius 2 is 1.47 bits per heavy atom. The molecule has 0 saturated heterocycles. The van der Waals surface area contributed by atoms with Gasteiger partial charge in [-0.1, -0.05) is 71.9 Å². The molecular formula is C13H22S4. The summed E-state index contributed by atoms with van der Waals surface area (Å²) in [6.07, 6.45) is 17.7. The quantitative estimate of drug-likeness (QED) is 0.448. The Balaban J connectivity index is 2.13. The zero-order valence-corrected chi connectivity index (χ0v) is 13.6. The van der Waals surface area contributed by atoms with E-state index in [0.717, 1.165) is 0 Å². The first-order chi connectivity index (χ1) is 8.50. The summed E-state index contributed by atoms with van der Waals surface area (Å²) < 4.78 is 0. The van der Waals surface area contributed by atoms with Gasteiger partial charge in [-0.25, -0.2) is 0 Å². The van der Waals surface area contributed by atoms with Crippen LogP contribution >= 0.6 is 41.2 Å². The number of hydrogen-bond donors (Lipinski definition) is 0. The first kappa shape index (κ1) is 15.9. The van der Waals surface area contributed by atoms with E-state index in [-0.39, 0.29) is 0 Å². The van der Waals surface area contributed by atoms with Gasteiger partial charge >= 0.3 is 0 Å². The van der Waals surface area contributed by atoms with Crippen molar-refractivity contribution >= 4 is 41.2 Å². The van der Waals surface area contributed by atoms with Crippen LogP contribution in [0.15, 0.2) is 23.6 Å². The zero-order valence-electron chi connectivity index (χ0n) is 10.3. The highest BCUT2D eigenvalue weighted by molar-refractivity contribution is 9.26. The van der Waals surface area contributed by atoms with Crippen molar-refractivity contribution < 1.29 is 0 Å². The SMILES string of the molecule is C1=CCCCCCCCCCSSSSC=C1. The molecule has 1 rings (SSSR count). The van der Waals surface area contributed by atoms with Crippen molar-refractivity contribution in [3.63, 3.8) is 0 Å². The molecule has 0 unspecified atom stereocenters. The Labute approximate surface area is 121 Å². The maximum atomic E-state index is 2.29. The van der Waals surface area contributed by atoms with Gasteiger partial charge in [0, 0.05) is 5.75 Å². The molecule has 0 radical (unpaired) electrons. The Kier molecular flexibility index (Phi) is 12.5.